The van der Waals surface area contributed by atoms with E-state index in [9.17, 15) is 27.9 Å². The van der Waals surface area contributed by atoms with Crippen molar-refractivity contribution in [3.63, 3.8) is 0 Å². The zero-order valence-corrected chi connectivity index (χ0v) is 25.0. The van der Waals surface area contributed by atoms with Gasteiger partial charge >= 0.3 is 18.3 Å². The third-order valence-electron chi connectivity index (χ3n) is 5.61. The second kappa shape index (κ2) is 14.1. The topological polar surface area (TPSA) is 160 Å². The van der Waals surface area contributed by atoms with E-state index < -0.39 is 35.9 Å². The number of phenolic OH excluding ortho intramolecular Hbond substituents is 1. The average molecular weight is 620 g/mol. The van der Waals surface area contributed by atoms with Crippen LogP contribution in [0.1, 0.15) is 50.5 Å². The van der Waals surface area contributed by atoms with Crippen molar-refractivity contribution in [3.8, 4) is 11.8 Å². The van der Waals surface area contributed by atoms with Crippen LogP contribution in [0.25, 0.3) is 0 Å². The molecule has 2 aromatic carbocycles. The van der Waals surface area contributed by atoms with Crippen molar-refractivity contribution in [3.05, 3.63) is 59.7 Å². The molecular weight excluding hydrogens is 583 g/mol. The molecule has 0 unspecified atom stereocenters. The first-order chi connectivity index (χ1) is 20.5. The molecule has 1 heterocycles. The summed E-state index contributed by atoms with van der Waals surface area (Å²) in [5, 5.41) is 20.7. The number of anilines is 3. The van der Waals surface area contributed by atoms with Gasteiger partial charge in [-0.25, -0.2) is 4.79 Å². The lowest BCUT2D eigenvalue weighted by Crippen LogP contribution is -2.43. The number of phenols is 1. The van der Waals surface area contributed by atoms with Crippen molar-refractivity contribution >= 4 is 29.6 Å². The highest BCUT2D eigenvalue weighted by Crippen LogP contribution is 2.21. The first-order valence-corrected chi connectivity index (χ1v) is 13.6. The molecule has 0 aliphatic rings. The highest BCUT2D eigenvalue weighted by molar-refractivity contribution is 5.94. The van der Waals surface area contributed by atoms with Gasteiger partial charge in [0.2, 0.25) is 11.9 Å². The number of nitrogens with one attached hydrogen (secondary N) is 4. The molecule has 2 amide bonds. The summed E-state index contributed by atoms with van der Waals surface area (Å²) in [5.41, 5.74) is 0.469. The lowest BCUT2D eigenvalue weighted by molar-refractivity contribution is -0.154. The number of ether oxygens (including phenoxy) is 2. The molecule has 44 heavy (non-hydrogen) atoms. The Bertz CT molecular complexity index is 1410. The van der Waals surface area contributed by atoms with E-state index in [0.29, 0.717) is 11.3 Å². The van der Waals surface area contributed by atoms with E-state index in [1.165, 1.54) is 12.1 Å². The van der Waals surface area contributed by atoms with Gasteiger partial charge in [0.1, 0.15) is 11.4 Å². The number of amides is 2. The Morgan fingerprint density at radius 3 is 2.07 bits per heavy atom. The molecule has 0 fully saturated rings. The van der Waals surface area contributed by atoms with E-state index in [4.69, 9.17) is 9.47 Å². The summed E-state index contributed by atoms with van der Waals surface area (Å²) in [6.07, 6.45) is -5.14. The summed E-state index contributed by atoms with van der Waals surface area (Å²) in [6, 6.07) is 12.0. The Kier molecular flexibility index (Phi) is 10.8. The monoisotopic (exact) mass is 619 g/mol. The van der Waals surface area contributed by atoms with Gasteiger partial charge in [-0.2, -0.15) is 28.1 Å². The normalized spacial score (nSPS) is 11.8. The third kappa shape index (κ3) is 12.2. The van der Waals surface area contributed by atoms with Crippen LogP contribution in [0, 0.1) is 5.41 Å². The van der Waals surface area contributed by atoms with Gasteiger partial charge in [-0.3, -0.25) is 4.79 Å². The number of carbonyl (C=O) groups is 2. The molecule has 1 aromatic heterocycles. The molecule has 0 atom stereocenters. The molecule has 12 nitrogen and oxygen atoms in total. The molecule has 15 heteroatoms. The summed E-state index contributed by atoms with van der Waals surface area (Å²) in [5.74, 6) is -0.400. The number of rotatable bonds is 12. The number of aromatic hydroxyl groups is 1. The van der Waals surface area contributed by atoms with E-state index in [0.717, 1.165) is 5.56 Å². The number of aromatic nitrogens is 3. The molecule has 0 spiro atoms. The molecule has 3 rings (SSSR count). The number of halogens is 3. The van der Waals surface area contributed by atoms with Gasteiger partial charge in [-0.05, 0) is 68.1 Å². The van der Waals surface area contributed by atoms with Crippen molar-refractivity contribution in [2.75, 3.05) is 30.3 Å². The molecule has 0 saturated heterocycles. The second-order valence-corrected chi connectivity index (χ2v) is 11.6. The maximum atomic E-state index is 12.7. The molecule has 3 aromatic rings. The molecule has 5 N–H and O–H groups in total. The minimum Gasteiger partial charge on any atom is -0.508 e. The number of nitrogens with zero attached hydrogens (tertiary/aromatic N) is 3. The van der Waals surface area contributed by atoms with Crippen LogP contribution in [-0.2, 0) is 11.3 Å². The fraction of sp³-hybridized carbons (Fsp3) is 0.414. The quantitative estimate of drug-likeness (QED) is 0.183. The summed E-state index contributed by atoms with van der Waals surface area (Å²) >= 11 is 0. The Hall–Kier alpha value is -4.82. The SMILES string of the molecule is CC(C)(CNC(=O)OC(C)(C)C)CNC(=O)c1ccc(Nc2nc(NCc3ccc(O)cc3)nc(OCC(F)(F)F)n2)cc1. The maximum absolute atomic E-state index is 12.7. The predicted molar refractivity (Wildman–Crippen MR) is 157 cm³/mol. The van der Waals surface area contributed by atoms with Crippen LogP contribution >= 0.6 is 0 Å². The minimum atomic E-state index is -4.60. The summed E-state index contributed by atoms with van der Waals surface area (Å²) < 4.78 is 48.2. The number of hydrogen-bond acceptors (Lipinski definition) is 10. The van der Waals surface area contributed by atoms with Crippen molar-refractivity contribution in [2.24, 2.45) is 5.41 Å². The third-order valence-corrected chi connectivity index (χ3v) is 5.61. The summed E-state index contributed by atoms with van der Waals surface area (Å²) in [4.78, 5) is 36.7. The zero-order chi connectivity index (χ0) is 32.5. The fourth-order valence-electron chi connectivity index (χ4n) is 3.44. The lowest BCUT2D eigenvalue weighted by atomic mass is 9.93. The fourth-order valence-corrected chi connectivity index (χ4v) is 3.44. The van der Waals surface area contributed by atoms with Gasteiger partial charge in [-0.1, -0.05) is 26.0 Å². The van der Waals surface area contributed by atoms with E-state index >= 15 is 0 Å². The van der Waals surface area contributed by atoms with Crippen molar-refractivity contribution in [2.45, 2.75) is 52.9 Å². The number of alkyl carbamates (subject to hydrolysis) is 1. The van der Waals surface area contributed by atoms with Gasteiger partial charge in [0.25, 0.3) is 5.91 Å². The second-order valence-electron chi connectivity index (χ2n) is 11.6. The van der Waals surface area contributed by atoms with Gasteiger partial charge in [0.15, 0.2) is 6.61 Å². The molecule has 0 aliphatic heterocycles. The molecule has 0 radical (unpaired) electrons. The first kappa shape index (κ1) is 33.7. The number of benzene rings is 2. The van der Waals surface area contributed by atoms with Crippen molar-refractivity contribution < 1.29 is 37.3 Å². The van der Waals surface area contributed by atoms with E-state index in [1.807, 2.05) is 13.8 Å². The van der Waals surface area contributed by atoms with E-state index in [-0.39, 0.29) is 43.2 Å². The van der Waals surface area contributed by atoms with Crippen LogP contribution in [0.15, 0.2) is 48.5 Å². The highest BCUT2D eigenvalue weighted by atomic mass is 19.4. The van der Waals surface area contributed by atoms with Crippen LogP contribution in [0.4, 0.5) is 35.5 Å². The summed E-state index contributed by atoms with van der Waals surface area (Å²) in [6.45, 7) is 8.23. The molecule has 238 valence electrons. The van der Waals surface area contributed by atoms with Crippen LogP contribution < -0.4 is 26.0 Å². The van der Waals surface area contributed by atoms with Crippen LogP contribution in [0.3, 0.4) is 0 Å². The molecule has 0 aliphatic carbocycles. The maximum Gasteiger partial charge on any atom is 0.422 e. The lowest BCUT2D eigenvalue weighted by Gasteiger charge is -2.26. The number of hydrogen-bond donors (Lipinski definition) is 5. The molecule has 0 saturated carbocycles. The summed E-state index contributed by atoms with van der Waals surface area (Å²) in [7, 11) is 0. The highest BCUT2D eigenvalue weighted by Gasteiger charge is 2.29. The van der Waals surface area contributed by atoms with E-state index in [1.54, 1.807) is 57.2 Å². The molecule has 0 bridgehead atoms. The van der Waals surface area contributed by atoms with Crippen LogP contribution in [-0.4, -0.2) is 63.5 Å². The van der Waals surface area contributed by atoms with Crippen molar-refractivity contribution in [1.82, 2.24) is 25.6 Å². The Labute approximate surface area is 252 Å². The minimum absolute atomic E-state index is 0.0486. The largest absolute Gasteiger partial charge is 0.508 e. The van der Waals surface area contributed by atoms with Crippen molar-refractivity contribution in [1.29, 1.82) is 0 Å². The van der Waals surface area contributed by atoms with Gasteiger partial charge in [-0.15, -0.1) is 0 Å². The predicted octanol–water partition coefficient (Wildman–Crippen LogP) is 5.15. The van der Waals surface area contributed by atoms with Crippen LogP contribution in [0.5, 0.6) is 11.8 Å². The average Bonchev–Trinajstić information content (AvgIpc) is 2.93. The van der Waals surface area contributed by atoms with E-state index in [2.05, 4.69) is 36.2 Å². The standard InChI is InChI=1S/C29H36F3N7O5/c1-27(2,3)44-26(42)35-16-28(4,5)15-34-22(41)19-8-10-20(11-9-19)36-24-37-23(33-14-18-6-12-21(40)13-7-18)38-25(39-24)43-17-29(30,31)32/h6-13,40H,14-17H2,1-5H3,(H,34,41)(H,35,42)(H2,33,36,37,38,39). The zero-order valence-electron chi connectivity index (χ0n) is 25.0. The van der Waals surface area contributed by atoms with Gasteiger partial charge in [0.05, 0.1) is 0 Å². The number of alkyl halides is 3. The first-order valence-electron chi connectivity index (χ1n) is 13.6. The van der Waals surface area contributed by atoms with Gasteiger partial charge < -0.3 is 35.8 Å². The molecular formula is C29H36F3N7O5. The van der Waals surface area contributed by atoms with Crippen LogP contribution in [0.2, 0.25) is 0 Å². The Morgan fingerprint density at radius 1 is 0.841 bits per heavy atom. The Morgan fingerprint density at radius 2 is 1.45 bits per heavy atom. The smallest absolute Gasteiger partial charge is 0.422 e. The Balaban J connectivity index is 1.62. The number of carbonyl (C=O) groups excluding carboxylic acids is 2. The van der Waals surface area contributed by atoms with Gasteiger partial charge in [0, 0.05) is 30.9 Å².